The molecule has 0 aliphatic heterocycles. The summed E-state index contributed by atoms with van der Waals surface area (Å²) in [6, 6.07) is 17.4. The van der Waals surface area contributed by atoms with Crippen molar-refractivity contribution in [2.45, 2.75) is 20.8 Å². The average Bonchev–Trinajstić information content (AvgIpc) is 3.21. The van der Waals surface area contributed by atoms with Gasteiger partial charge in [-0.2, -0.15) is 0 Å². The minimum atomic E-state index is -0.409. The number of nitrogens with one attached hydrogen (secondary N) is 3. The van der Waals surface area contributed by atoms with E-state index in [0.29, 0.717) is 33.9 Å². The largest absolute Gasteiger partial charge is 0.355 e. The van der Waals surface area contributed by atoms with Crippen LogP contribution in [0.5, 0.6) is 0 Å². The van der Waals surface area contributed by atoms with Gasteiger partial charge in [0.15, 0.2) is 0 Å². The summed E-state index contributed by atoms with van der Waals surface area (Å²) in [5.41, 5.74) is 5.46. The Morgan fingerprint density at radius 3 is 2.41 bits per heavy atom. The number of aryl methyl sites for hydroxylation is 2. The lowest BCUT2D eigenvalue weighted by atomic mass is 9.93. The smallest absolute Gasteiger partial charge is 0.276 e. The Hall–Kier alpha value is -4.26. The van der Waals surface area contributed by atoms with E-state index in [1.165, 1.54) is 6.07 Å². The number of hydrogen-bond donors (Lipinski definition) is 3. The molecule has 0 aliphatic rings. The molecule has 0 unspecified atom stereocenters. The fourth-order valence-electron chi connectivity index (χ4n) is 4.00. The number of aromatic amines is 1. The number of halogens is 1. The Balaban J connectivity index is 1.68. The normalized spacial score (nSPS) is 10.7. The van der Waals surface area contributed by atoms with Crippen LogP contribution in [0.4, 0.5) is 10.1 Å². The summed E-state index contributed by atoms with van der Waals surface area (Å²) in [5.74, 6) is -0.486. The van der Waals surface area contributed by atoms with E-state index in [4.69, 9.17) is 0 Å². The molecule has 4 aromatic rings. The maximum atomic E-state index is 14.9. The van der Waals surface area contributed by atoms with Gasteiger partial charge in [0, 0.05) is 35.1 Å². The zero-order valence-corrected chi connectivity index (χ0v) is 19.4. The van der Waals surface area contributed by atoms with E-state index < -0.39 is 5.91 Å². The molecule has 0 saturated heterocycles. The minimum absolute atomic E-state index is 0.224. The van der Waals surface area contributed by atoms with E-state index in [1.54, 1.807) is 44.3 Å². The molecule has 34 heavy (non-hydrogen) atoms. The molecule has 0 radical (unpaired) electrons. The Morgan fingerprint density at radius 2 is 1.68 bits per heavy atom. The minimum Gasteiger partial charge on any atom is -0.355 e. The number of aromatic nitrogens is 2. The third-order valence-electron chi connectivity index (χ3n) is 5.79. The molecule has 3 N–H and O–H groups in total. The van der Waals surface area contributed by atoms with Gasteiger partial charge in [-0.15, -0.1) is 0 Å². The quantitative estimate of drug-likeness (QED) is 0.375. The van der Waals surface area contributed by atoms with E-state index in [9.17, 15) is 14.0 Å². The summed E-state index contributed by atoms with van der Waals surface area (Å²) in [7, 11) is 1.55. The van der Waals surface area contributed by atoms with Crippen molar-refractivity contribution < 1.29 is 14.0 Å². The van der Waals surface area contributed by atoms with Crippen LogP contribution >= 0.6 is 0 Å². The summed E-state index contributed by atoms with van der Waals surface area (Å²) in [6.45, 7) is 5.55. The van der Waals surface area contributed by atoms with Gasteiger partial charge in [0.25, 0.3) is 11.8 Å². The third kappa shape index (κ3) is 4.32. The molecule has 1 heterocycles. The highest BCUT2D eigenvalue weighted by Crippen LogP contribution is 2.34. The molecule has 1 aromatic heterocycles. The molecule has 4 rings (SSSR count). The Labute approximate surface area is 197 Å². The average molecular weight is 457 g/mol. The number of hydrogen-bond acceptors (Lipinski definition) is 3. The van der Waals surface area contributed by atoms with Gasteiger partial charge in [0.1, 0.15) is 17.3 Å². The fourth-order valence-corrected chi connectivity index (χ4v) is 4.00. The monoisotopic (exact) mass is 456 g/mol. The Bertz CT molecular complexity index is 1410. The van der Waals surface area contributed by atoms with Gasteiger partial charge in [-0.05, 0) is 67.8 Å². The lowest BCUT2D eigenvalue weighted by molar-refractivity contribution is 0.0961. The van der Waals surface area contributed by atoms with Crippen molar-refractivity contribution >= 4 is 17.5 Å². The SMILES string of the molecule is CNC(=O)c1cccc(NC(=O)c2nc(-c3ccc(F)c(-c4ccccc4C)c3C)[nH]c2C)c1. The summed E-state index contributed by atoms with van der Waals surface area (Å²) in [5, 5.41) is 5.35. The van der Waals surface area contributed by atoms with Crippen molar-refractivity contribution in [3.05, 3.63) is 94.6 Å². The molecule has 2 amide bonds. The summed E-state index contributed by atoms with van der Waals surface area (Å²) < 4.78 is 14.9. The topological polar surface area (TPSA) is 86.9 Å². The highest BCUT2D eigenvalue weighted by molar-refractivity contribution is 6.05. The summed E-state index contributed by atoms with van der Waals surface area (Å²) >= 11 is 0. The maximum Gasteiger partial charge on any atom is 0.276 e. The Morgan fingerprint density at radius 1 is 0.912 bits per heavy atom. The molecule has 6 nitrogen and oxygen atoms in total. The molecule has 7 heteroatoms. The lowest BCUT2D eigenvalue weighted by Crippen LogP contribution is -2.18. The molecular formula is C27H25FN4O2. The number of anilines is 1. The molecule has 0 aliphatic carbocycles. The Kier molecular flexibility index (Phi) is 6.27. The van der Waals surface area contributed by atoms with Crippen LogP contribution in [0.1, 0.15) is 37.7 Å². The maximum absolute atomic E-state index is 14.9. The van der Waals surface area contributed by atoms with Crippen LogP contribution in [-0.2, 0) is 0 Å². The molecule has 0 bridgehead atoms. The van der Waals surface area contributed by atoms with Gasteiger partial charge in [-0.1, -0.05) is 30.3 Å². The lowest BCUT2D eigenvalue weighted by Gasteiger charge is -2.13. The predicted molar refractivity (Wildman–Crippen MR) is 131 cm³/mol. The molecule has 3 aromatic carbocycles. The fraction of sp³-hybridized carbons (Fsp3) is 0.148. The van der Waals surface area contributed by atoms with Crippen molar-refractivity contribution in [2.24, 2.45) is 0 Å². The second-order valence-corrected chi connectivity index (χ2v) is 8.08. The number of carbonyl (C=O) groups is 2. The zero-order valence-electron chi connectivity index (χ0n) is 19.4. The highest BCUT2D eigenvalue weighted by atomic mass is 19.1. The van der Waals surface area contributed by atoms with Crippen molar-refractivity contribution in [1.29, 1.82) is 0 Å². The number of imidazole rings is 1. The first-order valence-electron chi connectivity index (χ1n) is 10.9. The van der Waals surface area contributed by atoms with Crippen LogP contribution in [0.3, 0.4) is 0 Å². The molecule has 0 atom stereocenters. The van der Waals surface area contributed by atoms with E-state index in [2.05, 4.69) is 20.6 Å². The van der Waals surface area contributed by atoms with Crippen LogP contribution in [0, 0.1) is 26.6 Å². The van der Waals surface area contributed by atoms with Gasteiger partial charge < -0.3 is 15.6 Å². The molecule has 0 fully saturated rings. The molecule has 0 saturated carbocycles. The molecule has 172 valence electrons. The van der Waals surface area contributed by atoms with Crippen molar-refractivity contribution in [3.8, 4) is 22.5 Å². The number of H-pyrrole nitrogens is 1. The molecular weight excluding hydrogens is 431 g/mol. The second-order valence-electron chi connectivity index (χ2n) is 8.08. The highest BCUT2D eigenvalue weighted by Gasteiger charge is 2.20. The number of rotatable bonds is 5. The van der Waals surface area contributed by atoms with E-state index in [-0.39, 0.29) is 17.4 Å². The van der Waals surface area contributed by atoms with Gasteiger partial charge in [-0.25, -0.2) is 9.37 Å². The number of nitrogens with zero attached hydrogens (tertiary/aromatic N) is 1. The van der Waals surface area contributed by atoms with E-state index >= 15 is 0 Å². The number of amides is 2. The first-order chi connectivity index (χ1) is 16.3. The van der Waals surface area contributed by atoms with Gasteiger partial charge >= 0.3 is 0 Å². The van der Waals surface area contributed by atoms with Crippen molar-refractivity contribution in [3.63, 3.8) is 0 Å². The van der Waals surface area contributed by atoms with E-state index in [0.717, 1.165) is 16.7 Å². The molecule has 0 spiro atoms. The van der Waals surface area contributed by atoms with Crippen molar-refractivity contribution in [2.75, 3.05) is 12.4 Å². The summed E-state index contributed by atoms with van der Waals surface area (Å²) in [4.78, 5) is 32.5. The standard InChI is InChI=1S/C27H25FN4O2/c1-15-8-5-6-11-20(15)23-16(2)21(12-13-22(23)28)25-30-17(3)24(32-25)27(34)31-19-10-7-9-18(14-19)26(33)29-4/h5-14H,1-4H3,(H,29,33)(H,30,32)(H,31,34). The first-order valence-corrected chi connectivity index (χ1v) is 10.9. The summed E-state index contributed by atoms with van der Waals surface area (Å²) in [6.07, 6.45) is 0. The van der Waals surface area contributed by atoms with Gasteiger partial charge in [0.2, 0.25) is 0 Å². The van der Waals surface area contributed by atoms with Crippen LogP contribution in [0.25, 0.3) is 22.5 Å². The first kappa shape index (κ1) is 22.9. The number of benzene rings is 3. The van der Waals surface area contributed by atoms with E-state index in [1.807, 2.05) is 38.1 Å². The van der Waals surface area contributed by atoms with Crippen LogP contribution in [-0.4, -0.2) is 28.8 Å². The van der Waals surface area contributed by atoms with Crippen LogP contribution in [0.2, 0.25) is 0 Å². The van der Waals surface area contributed by atoms with Crippen LogP contribution in [0.15, 0.2) is 60.7 Å². The van der Waals surface area contributed by atoms with Gasteiger partial charge in [-0.3, -0.25) is 9.59 Å². The van der Waals surface area contributed by atoms with Gasteiger partial charge in [0.05, 0.1) is 0 Å². The van der Waals surface area contributed by atoms with Crippen LogP contribution < -0.4 is 10.6 Å². The predicted octanol–water partition coefficient (Wildman–Crippen LogP) is 5.42. The second kappa shape index (κ2) is 9.31. The third-order valence-corrected chi connectivity index (χ3v) is 5.79. The zero-order chi connectivity index (χ0) is 24.4. The van der Waals surface area contributed by atoms with Crippen molar-refractivity contribution in [1.82, 2.24) is 15.3 Å². The number of carbonyl (C=O) groups excluding carboxylic acids is 2.